The molecule has 0 spiro atoms. The summed E-state index contributed by atoms with van der Waals surface area (Å²) < 4.78 is 15.9. The fourth-order valence-electron chi connectivity index (χ4n) is 2.41. The molecule has 2 aromatic carbocycles. The summed E-state index contributed by atoms with van der Waals surface area (Å²) in [5, 5.41) is 0.661. The molecular formula is C18H20ClNO4. The Morgan fingerprint density at radius 2 is 1.58 bits per heavy atom. The molecule has 0 fully saturated rings. The van der Waals surface area contributed by atoms with Crippen LogP contribution in [0, 0.1) is 0 Å². The molecule has 0 unspecified atom stereocenters. The van der Waals surface area contributed by atoms with Crippen LogP contribution in [-0.4, -0.2) is 39.2 Å². The summed E-state index contributed by atoms with van der Waals surface area (Å²) in [6.45, 7) is 0.452. The molecule has 0 saturated carbocycles. The van der Waals surface area contributed by atoms with Gasteiger partial charge in [-0.25, -0.2) is 0 Å². The van der Waals surface area contributed by atoms with Crippen molar-refractivity contribution in [2.75, 3.05) is 28.4 Å². The van der Waals surface area contributed by atoms with E-state index in [4.69, 9.17) is 25.8 Å². The van der Waals surface area contributed by atoms with E-state index in [0.717, 1.165) is 5.56 Å². The van der Waals surface area contributed by atoms with Gasteiger partial charge in [-0.15, -0.1) is 0 Å². The Morgan fingerprint density at radius 3 is 2.12 bits per heavy atom. The van der Waals surface area contributed by atoms with Crippen molar-refractivity contribution in [3.05, 3.63) is 52.5 Å². The second-order valence-electron chi connectivity index (χ2n) is 5.17. The summed E-state index contributed by atoms with van der Waals surface area (Å²) >= 11 is 5.89. The number of amides is 1. The molecule has 0 aliphatic carbocycles. The summed E-state index contributed by atoms with van der Waals surface area (Å²) in [5.41, 5.74) is 1.39. The molecule has 0 saturated heterocycles. The van der Waals surface area contributed by atoms with Gasteiger partial charge in [0.1, 0.15) is 0 Å². The highest BCUT2D eigenvalue weighted by atomic mass is 35.5. The number of rotatable bonds is 6. The Bertz CT molecular complexity index is 716. The fourth-order valence-corrected chi connectivity index (χ4v) is 2.54. The normalized spacial score (nSPS) is 10.2. The number of carbonyl (C=O) groups is 1. The van der Waals surface area contributed by atoms with Crippen LogP contribution < -0.4 is 14.2 Å². The topological polar surface area (TPSA) is 48.0 Å². The molecule has 0 N–H and O–H groups in total. The second kappa shape index (κ2) is 7.93. The van der Waals surface area contributed by atoms with Gasteiger partial charge in [-0.2, -0.15) is 0 Å². The van der Waals surface area contributed by atoms with Gasteiger partial charge in [-0.3, -0.25) is 4.79 Å². The van der Waals surface area contributed by atoms with Gasteiger partial charge in [-0.1, -0.05) is 23.7 Å². The van der Waals surface area contributed by atoms with E-state index < -0.39 is 0 Å². The summed E-state index contributed by atoms with van der Waals surface area (Å²) in [6, 6.07) is 10.7. The maximum Gasteiger partial charge on any atom is 0.257 e. The molecule has 0 atom stereocenters. The Hall–Kier alpha value is -2.40. The molecule has 24 heavy (non-hydrogen) atoms. The van der Waals surface area contributed by atoms with Crippen molar-refractivity contribution in [3.63, 3.8) is 0 Å². The molecule has 2 aromatic rings. The van der Waals surface area contributed by atoms with Gasteiger partial charge in [0.25, 0.3) is 5.91 Å². The number of halogens is 1. The molecule has 6 heteroatoms. The highest BCUT2D eigenvalue weighted by Crippen LogP contribution is 2.40. The van der Waals surface area contributed by atoms with Crippen LogP contribution in [0.3, 0.4) is 0 Å². The summed E-state index contributed by atoms with van der Waals surface area (Å²) in [5.74, 6) is 1.07. The molecule has 128 valence electrons. The Kier molecular flexibility index (Phi) is 5.93. The first kappa shape index (κ1) is 17.9. The molecule has 0 aromatic heterocycles. The Balaban J connectivity index is 2.29. The monoisotopic (exact) mass is 349 g/mol. The summed E-state index contributed by atoms with van der Waals surface area (Å²) in [7, 11) is 6.26. The van der Waals surface area contributed by atoms with E-state index >= 15 is 0 Å². The number of benzene rings is 2. The Labute approximate surface area is 146 Å². The van der Waals surface area contributed by atoms with Gasteiger partial charge in [0, 0.05) is 18.6 Å². The van der Waals surface area contributed by atoms with Crippen LogP contribution in [0.2, 0.25) is 5.02 Å². The number of methoxy groups -OCH3 is 3. The van der Waals surface area contributed by atoms with Gasteiger partial charge in [0.05, 0.1) is 26.9 Å². The lowest BCUT2D eigenvalue weighted by atomic mass is 10.1. The zero-order valence-corrected chi connectivity index (χ0v) is 14.9. The van der Waals surface area contributed by atoms with E-state index in [9.17, 15) is 4.79 Å². The maximum atomic E-state index is 12.8. The largest absolute Gasteiger partial charge is 0.493 e. The molecule has 5 nitrogen and oxygen atoms in total. The van der Waals surface area contributed by atoms with Gasteiger partial charge >= 0.3 is 0 Å². The Morgan fingerprint density at radius 1 is 0.958 bits per heavy atom. The van der Waals surface area contributed by atoms with E-state index in [1.807, 2.05) is 12.1 Å². The van der Waals surface area contributed by atoms with Crippen LogP contribution in [0.5, 0.6) is 17.2 Å². The second-order valence-corrected chi connectivity index (χ2v) is 5.61. The minimum atomic E-state index is -0.178. The minimum Gasteiger partial charge on any atom is -0.493 e. The molecule has 0 bridgehead atoms. The van der Waals surface area contributed by atoms with Crippen LogP contribution in [0.15, 0.2) is 36.4 Å². The molecule has 0 radical (unpaired) electrons. The first-order valence-corrected chi connectivity index (χ1v) is 7.68. The summed E-state index contributed by atoms with van der Waals surface area (Å²) in [4.78, 5) is 14.4. The quantitative estimate of drug-likeness (QED) is 0.799. The van der Waals surface area contributed by atoms with Crippen molar-refractivity contribution in [3.8, 4) is 17.2 Å². The number of hydrogen-bond acceptors (Lipinski definition) is 4. The molecule has 0 heterocycles. The maximum absolute atomic E-state index is 12.8. The predicted molar refractivity (Wildman–Crippen MR) is 93.3 cm³/mol. The number of hydrogen-bond donors (Lipinski definition) is 0. The van der Waals surface area contributed by atoms with E-state index in [1.165, 1.54) is 21.3 Å². The van der Waals surface area contributed by atoms with Crippen molar-refractivity contribution >= 4 is 17.5 Å². The van der Waals surface area contributed by atoms with Crippen molar-refractivity contribution in [2.45, 2.75) is 6.54 Å². The van der Waals surface area contributed by atoms with E-state index in [1.54, 1.807) is 36.2 Å². The lowest BCUT2D eigenvalue weighted by molar-refractivity contribution is 0.0781. The third-order valence-corrected chi connectivity index (χ3v) is 3.87. The van der Waals surface area contributed by atoms with E-state index in [2.05, 4.69) is 0 Å². The molecule has 1 amide bonds. The van der Waals surface area contributed by atoms with Crippen molar-refractivity contribution < 1.29 is 19.0 Å². The number of ether oxygens (including phenoxy) is 3. The highest BCUT2D eigenvalue weighted by Gasteiger charge is 2.23. The van der Waals surface area contributed by atoms with Crippen molar-refractivity contribution in [1.29, 1.82) is 0 Å². The number of carbonyl (C=O) groups excluding carboxylic acids is 1. The zero-order valence-electron chi connectivity index (χ0n) is 14.1. The first-order valence-electron chi connectivity index (χ1n) is 7.30. The van der Waals surface area contributed by atoms with Gasteiger partial charge in [0.15, 0.2) is 11.5 Å². The highest BCUT2D eigenvalue weighted by molar-refractivity contribution is 6.30. The van der Waals surface area contributed by atoms with Crippen LogP contribution in [0.25, 0.3) is 0 Å². The van der Waals surface area contributed by atoms with Crippen LogP contribution in [0.4, 0.5) is 0 Å². The van der Waals surface area contributed by atoms with E-state index in [-0.39, 0.29) is 5.91 Å². The first-order chi connectivity index (χ1) is 11.5. The lowest BCUT2D eigenvalue weighted by Crippen LogP contribution is -2.26. The fraction of sp³-hybridized carbons (Fsp3) is 0.278. The van der Waals surface area contributed by atoms with Crippen molar-refractivity contribution in [2.24, 2.45) is 0 Å². The van der Waals surface area contributed by atoms with Crippen LogP contribution in [-0.2, 0) is 6.54 Å². The van der Waals surface area contributed by atoms with Gasteiger partial charge < -0.3 is 19.1 Å². The van der Waals surface area contributed by atoms with E-state index in [0.29, 0.717) is 34.4 Å². The van der Waals surface area contributed by atoms with Gasteiger partial charge in [-0.05, 0) is 29.8 Å². The van der Waals surface area contributed by atoms with Crippen LogP contribution in [0.1, 0.15) is 15.9 Å². The minimum absolute atomic E-state index is 0.178. The molecule has 0 aliphatic heterocycles. The SMILES string of the molecule is COc1ccc(C(=O)N(C)Cc2ccc(Cl)cc2)c(OC)c1OC. The smallest absolute Gasteiger partial charge is 0.257 e. The third kappa shape index (κ3) is 3.74. The predicted octanol–water partition coefficient (Wildman–Crippen LogP) is 3.64. The average molecular weight is 350 g/mol. The zero-order chi connectivity index (χ0) is 17.7. The summed E-state index contributed by atoms with van der Waals surface area (Å²) in [6.07, 6.45) is 0. The molecule has 0 aliphatic rings. The molecular weight excluding hydrogens is 330 g/mol. The average Bonchev–Trinajstić information content (AvgIpc) is 2.61. The van der Waals surface area contributed by atoms with Crippen LogP contribution >= 0.6 is 11.6 Å². The lowest BCUT2D eigenvalue weighted by Gasteiger charge is -2.20. The number of nitrogens with zero attached hydrogens (tertiary/aromatic N) is 1. The van der Waals surface area contributed by atoms with Crippen molar-refractivity contribution in [1.82, 2.24) is 4.90 Å². The standard InChI is InChI=1S/C18H20ClNO4/c1-20(11-12-5-7-13(19)8-6-12)18(21)14-9-10-15(22-2)17(24-4)16(14)23-3/h5-10H,11H2,1-4H3. The third-order valence-electron chi connectivity index (χ3n) is 3.61. The van der Waals surface area contributed by atoms with Gasteiger partial charge in [0.2, 0.25) is 5.75 Å². The molecule has 2 rings (SSSR count).